The molecule has 0 spiro atoms. The van der Waals surface area contributed by atoms with Gasteiger partial charge < -0.3 is 4.42 Å². The van der Waals surface area contributed by atoms with Crippen molar-refractivity contribution in [3.05, 3.63) is 65.0 Å². The van der Waals surface area contributed by atoms with Crippen molar-refractivity contribution in [2.45, 2.75) is 6.42 Å². The van der Waals surface area contributed by atoms with Crippen molar-refractivity contribution in [2.75, 3.05) is 0 Å². The Morgan fingerprint density at radius 3 is 2.82 bits per heavy atom. The molecule has 84 valence electrons. The summed E-state index contributed by atoms with van der Waals surface area (Å²) in [6.07, 6.45) is 4.22. The minimum Gasteiger partial charge on any atom is -0.462 e. The van der Waals surface area contributed by atoms with Gasteiger partial charge in [0.1, 0.15) is 5.52 Å². The van der Waals surface area contributed by atoms with Crippen molar-refractivity contribution < 1.29 is 4.42 Å². The molecule has 0 saturated heterocycles. The van der Waals surface area contributed by atoms with Crippen molar-refractivity contribution in [3.63, 3.8) is 0 Å². The fraction of sp³-hybridized carbons (Fsp3) is 0.0714. The lowest BCUT2D eigenvalue weighted by Gasteiger charge is -1.98. The number of halogens is 1. The summed E-state index contributed by atoms with van der Waals surface area (Å²) in [5, 5.41) is 0.595. The van der Waals surface area contributed by atoms with Crippen LogP contribution >= 0.6 is 11.6 Å². The van der Waals surface area contributed by atoms with Crippen LogP contribution in [0.2, 0.25) is 5.02 Å². The SMILES string of the molecule is Clc1cnc2c(Cc3ccccc3)coc2c1. The number of hydrogen-bond donors (Lipinski definition) is 0. The lowest BCUT2D eigenvalue weighted by atomic mass is 10.1. The molecule has 0 saturated carbocycles. The lowest BCUT2D eigenvalue weighted by molar-refractivity contribution is 0.611. The van der Waals surface area contributed by atoms with Crippen LogP contribution in [0.5, 0.6) is 0 Å². The second kappa shape index (κ2) is 4.22. The van der Waals surface area contributed by atoms with Gasteiger partial charge in [-0.05, 0) is 5.56 Å². The molecule has 3 heteroatoms. The molecule has 2 heterocycles. The summed E-state index contributed by atoms with van der Waals surface area (Å²) >= 11 is 5.87. The van der Waals surface area contributed by atoms with Gasteiger partial charge in [-0.25, -0.2) is 0 Å². The smallest absolute Gasteiger partial charge is 0.154 e. The van der Waals surface area contributed by atoms with E-state index >= 15 is 0 Å². The number of hydrogen-bond acceptors (Lipinski definition) is 2. The first kappa shape index (κ1) is 10.4. The average molecular weight is 244 g/mol. The van der Waals surface area contributed by atoms with E-state index in [9.17, 15) is 0 Å². The van der Waals surface area contributed by atoms with Crippen LogP contribution in [0.3, 0.4) is 0 Å². The third-order valence-corrected chi connectivity index (χ3v) is 2.90. The zero-order valence-electron chi connectivity index (χ0n) is 9.06. The summed E-state index contributed by atoms with van der Waals surface area (Å²) in [5.74, 6) is 0. The molecule has 3 rings (SSSR count). The van der Waals surface area contributed by atoms with E-state index in [1.807, 2.05) is 18.2 Å². The summed E-state index contributed by atoms with van der Waals surface area (Å²) < 4.78 is 5.46. The molecule has 17 heavy (non-hydrogen) atoms. The van der Waals surface area contributed by atoms with E-state index < -0.39 is 0 Å². The van der Waals surface area contributed by atoms with E-state index in [0.29, 0.717) is 5.02 Å². The Balaban J connectivity index is 2.01. The zero-order valence-corrected chi connectivity index (χ0v) is 9.82. The van der Waals surface area contributed by atoms with E-state index in [1.54, 1.807) is 18.5 Å². The first-order valence-corrected chi connectivity index (χ1v) is 5.76. The molecule has 0 fully saturated rings. The van der Waals surface area contributed by atoms with Crippen LogP contribution in [0.4, 0.5) is 0 Å². The Morgan fingerprint density at radius 1 is 1.18 bits per heavy atom. The molecule has 0 aliphatic heterocycles. The Morgan fingerprint density at radius 2 is 2.00 bits per heavy atom. The van der Waals surface area contributed by atoms with Gasteiger partial charge in [0.2, 0.25) is 0 Å². The minimum absolute atomic E-state index is 0.595. The lowest BCUT2D eigenvalue weighted by Crippen LogP contribution is -1.87. The summed E-state index contributed by atoms with van der Waals surface area (Å²) in [4.78, 5) is 4.31. The van der Waals surface area contributed by atoms with Crippen molar-refractivity contribution in [1.29, 1.82) is 0 Å². The fourth-order valence-corrected chi connectivity index (χ4v) is 2.03. The molecule has 1 aromatic carbocycles. The number of pyridine rings is 1. The molecule has 0 aliphatic carbocycles. The highest BCUT2D eigenvalue weighted by molar-refractivity contribution is 6.31. The highest BCUT2D eigenvalue weighted by Gasteiger charge is 2.08. The number of benzene rings is 1. The number of nitrogens with zero attached hydrogens (tertiary/aromatic N) is 1. The first-order valence-electron chi connectivity index (χ1n) is 5.38. The Hall–Kier alpha value is -1.80. The largest absolute Gasteiger partial charge is 0.462 e. The normalized spacial score (nSPS) is 10.9. The molecule has 3 aromatic rings. The molecule has 0 N–H and O–H groups in total. The molecule has 0 radical (unpaired) electrons. The van der Waals surface area contributed by atoms with E-state index in [2.05, 4.69) is 17.1 Å². The van der Waals surface area contributed by atoms with Crippen LogP contribution in [0, 0.1) is 0 Å². The highest BCUT2D eigenvalue weighted by atomic mass is 35.5. The second-order valence-corrected chi connectivity index (χ2v) is 4.36. The summed E-state index contributed by atoms with van der Waals surface area (Å²) in [6.45, 7) is 0. The van der Waals surface area contributed by atoms with Gasteiger partial charge >= 0.3 is 0 Å². The molecule has 0 unspecified atom stereocenters. The van der Waals surface area contributed by atoms with Crippen molar-refractivity contribution in [1.82, 2.24) is 4.98 Å². The quantitative estimate of drug-likeness (QED) is 0.678. The summed E-state index contributed by atoms with van der Waals surface area (Å²) in [7, 11) is 0. The Kier molecular flexibility index (Phi) is 2.57. The van der Waals surface area contributed by atoms with E-state index in [4.69, 9.17) is 16.0 Å². The Labute approximate surface area is 104 Å². The molecular formula is C14H10ClNO. The third kappa shape index (κ3) is 2.04. The molecule has 0 atom stereocenters. The molecule has 0 bridgehead atoms. The van der Waals surface area contributed by atoms with Crippen LogP contribution in [-0.4, -0.2) is 4.98 Å². The van der Waals surface area contributed by atoms with Crippen molar-refractivity contribution in [2.24, 2.45) is 0 Å². The maximum Gasteiger partial charge on any atom is 0.154 e. The number of aromatic nitrogens is 1. The number of fused-ring (bicyclic) bond motifs is 1. The van der Waals surface area contributed by atoms with Crippen LogP contribution in [0.15, 0.2) is 53.3 Å². The van der Waals surface area contributed by atoms with Crippen LogP contribution in [0.1, 0.15) is 11.1 Å². The van der Waals surface area contributed by atoms with Crippen LogP contribution in [-0.2, 0) is 6.42 Å². The van der Waals surface area contributed by atoms with E-state index in [1.165, 1.54) is 5.56 Å². The fourth-order valence-electron chi connectivity index (χ4n) is 1.88. The Bertz CT molecular complexity index is 646. The number of rotatable bonds is 2. The molecule has 0 aliphatic rings. The summed E-state index contributed by atoms with van der Waals surface area (Å²) in [5.41, 5.74) is 3.96. The van der Waals surface area contributed by atoms with Gasteiger partial charge in [0.05, 0.1) is 11.3 Å². The molecule has 2 nitrogen and oxygen atoms in total. The maximum atomic E-state index is 5.87. The average Bonchev–Trinajstić information content (AvgIpc) is 2.73. The predicted octanol–water partition coefficient (Wildman–Crippen LogP) is 4.07. The molecule has 2 aromatic heterocycles. The molecular weight excluding hydrogens is 234 g/mol. The van der Waals surface area contributed by atoms with Gasteiger partial charge in [-0.1, -0.05) is 41.9 Å². The van der Waals surface area contributed by atoms with Gasteiger partial charge in [0.15, 0.2) is 5.58 Å². The van der Waals surface area contributed by atoms with Crippen LogP contribution in [0.25, 0.3) is 11.1 Å². The van der Waals surface area contributed by atoms with E-state index in [0.717, 1.165) is 23.1 Å². The maximum absolute atomic E-state index is 5.87. The van der Waals surface area contributed by atoms with Crippen LogP contribution < -0.4 is 0 Å². The van der Waals surface area contributed by atoms with Gasteiger partial charge in [-0.2, -0.15) is 0 Å². The van der Waals surface area contributed by atoms with Gasteiger partial charge in [-0.3, -0.25) is 4.98 Å². The van der Waals surface area contributed by atoms with Crippen molar-refractivity contribution >= 4 is 22.7 Å². The second-order valence-electron chi connectivity index (χ2n) is 3.92. The van der Waals surface area contributed by atoms with Gasteiger partial charge in [0, 0.05) is 24.2 Å². The predicted molar refractivity (Wildman–Crippen MR) is 68.3 cm³/mol. The van der Waals surface area contributed by atoms with Crippen molar-refractivity contribution in [3.8, 4) is 0 Å². The topological polar surface area (TPSA) is 26.0 Å². The monoisotopic (exact) mass is 243 g/mol. The number of furan rings is 1. The summed E-state index contributed by atoms with van der Waals surface area (Å²) in [6, 6.07) is 12.0. The highest BCUT2D eigenvalue weighted by Crippen LogP contribution is 2.23. The standard InChI is InChI=1S/C14H10ClNO/c15-12-7-13-14(16-8-12)11(9-17-13)6-10-4-2-1-3-5-10/h1-5,7-9H,6H2. The zero-order chi connectivity index (χ0) is 11.7. The third-order valence-electron chi connectivity index (χ3n) is 2.69. The molecule has 0 amide bonds. The van der Waals surface area contributed by atoms with E-state index in [-0.39, 0.29) is 0 Å². The van der Waals surface area contributed by atoms with Gasteiger partial charge in [-0.15, -0.1) is 0 Å². The van der Waals surface area contributed by atoms with Gasteiger partial charge in [0.25, 0.3) is 0 Å². The minimum atomic E-state index is 0.595. The first-order chi connectivity index (χ1) is 8.33.